The van der Waals surface area contributed by atoms with Gasteiger partial charge in [-0.15, -0.1) is 0 Å². The highest BCUT2D eigenvalue weighted by atomic mass is 16.5. The summed E-state index contributed by atoms with van der Waals surface area (Å²) in [7, 11) is 1.49. The summed E-state index contributed by atoms with van der Waals surface area (Å²) in [6.07, 6.45) is 0. The molecule has 0 aliphatic rings. The summed E-state index contributed by atoms with van der Waals surface area (Å²) in [5, 5.41) is 8.74. The fourth-order valence-electron chi connectivity index (χ4n) is 1.20. The van der Waals surface area contributed by atoms with Crippen LogP contribution < -0.4 is 5.73 Å². The molecule has 6 heteroatoms. The van der Waals surface area contributed by atoms with E-state index in [0.717, 1.165) is 0 Å². The van der Waals surface area contributed by atoms with Crippen molar-refractivity contribution in [3.8, 4) is 0 Å². The molecule has 17 heavy (non-hydrogen) atoms. The number of aliphatic carboxylic acids is 1. The summed E-state index contributed by atoms with van der Waals surface area (Å²) < 4.78 is 4.84. The highest BCUT2D eigenvalue weighted by molar-refractivity contribution is 5.85. The normalized spacial score (nSPS) is 13.2. The van der Waals surface area contributed by atoms with E-state index in [1.807, 2.05) is 20.8 Å². The molecule has 0 saturated carbocycles. The molecule has 0 fully saturated rings. The second kappa shape index (κ2) is 6.56. The Morgan fingerprint density at radius 2 is 1.94 bits per heavy atom. The number of methoxy groups -OCH3 is 1. The van der Waals surface area contributed by atoms with E-state index in [4.69, 9.17) is 15.6 Å². The number of nitrogens with zero attached hydrogens (tertiary/aromatic N) is 1. The van der Waals surface area contributed by atoms with Crippen LogP contribution in [0.1, 0.15) is 20.8 Å². The Hall–Kier alpha value is -1.14. The maximum absolute atomic E-state index is 12.0. The topological polar surface area (TPSA) is 92.9 Å². The van der Waals surface area contributed by atoms with Gasteiger partial charge in [0.05, 0.1) is 12.6 Å². The Morgan fingerprint density at radius 3 is 2.29 bits per heavy atom. The van der Waals surface area contributed by atoms with Gasteiger partial charge in [-0.05, 0) is 5.41 Å². The molecule has 0 aromatic heterocycles. The van der Waals surface area contributed by atoms with Gasteiger partial charge in [-0.2, -0.15) is 0 Å². The quantitative estimate of drug-likeness (QED) is 0.683. The summed E-state index contributed by atoms with van der Waals surface area (Å²) in [6, 6.07) is -0.723. The minimum absolute atomic E-state index is 0.228. The van der Waals surface area contributed by atoms with Crippen molar-refractivity contribution < 1.29 is 19.4 Å². The molecule has 0 bridgehead atoms. The van der Waals surface area contributed by atoms with Crippen molar-refractivity contribution in [2.24, 2.45) is 11.1 Å². The number of carbonyl (C=O) groups excluding carboxylic acids is 1. The Balaban J connectivity index is 4.67. The Kier molecular flexibility index (Phi) is 6.12. The largest absolute Gasteiger partial charge is 0.480 e. The van der Waals surface area contributed by atoms with Crippen LogP contribution in [0.25, 0.3) is 0 Å². The number of rotatable bonds is 6. The van der Waals surface area contributed by atoms with E-state index in [0.29, 0.717) is 0 Å². The molecule has 0 aliphatic heterocycles. The maximum atomic E-state index is 12.0. The second-order valence-corrected chi connectivity index (χ2v) is 4.99. The van der Waals surface area contributed by atoms with E-state index in [-0.39, 0.29) is 25.6 Å². The van der Waals surface area contributed by atoms with Crippen LogP contribution in [0.3, 0.4) is 0 Å². The summed E-state index contributed by atoms with van der Waals surface area (Å²) >= 11 is 0. The average molecular weight is 246 g/mol. The molecule has 3 N–H and O–H groups in total. The number of amides is 1. The van der Waals surface area contributed by atoms with Crippen LogP contribution >= 0.6 is 0 Å². The van der Waals surface area contributed by atoms with E-state index in [1.54, 1.807) is 0 Å². The Morgan fingerprint density at radius 1 is 1.41 bits per heavy atom. The molecule has 0 aliphatic carbocycles. The molecule has 1 amide bonds. The van der Waals surface area contributed by atoms with Gasteiger partial charge in [0.15, 0.2) is 0 Å². The minimum atomic E-state index is -1.06. The predicted molar refractivity (Wildman–Crippen MR) is 63.5 cm³/mol. The van der Waals surface area contributed by atoms with E-state index in [9.17, 15) is 9.59 Å². The van der Waals surface area contributed by atoms with Crippen molar-refractivity contribution >= 4 is 11.9 Å². The third kappa shape index (κ3) is 5.65. The number of hydrogen-bond acceptors (Lipinski definition) is 4. The van der Waals surface area contributed by atoms with Crippen molar-refractivity contribution in [1.29, 1.82) is 0 Å². The van der Waals surface area contributed by atoms with Gasteiger partial charge in [0.2, 0.25) is 5.91 Å². The van der Waals surface area contributed by atoms with Crippen molar-refractivity contribution in [2.75, 3.05) is 26.8 Å². The standard InChI is InChI=1S/C11H22N2O4/c1-11(2,3)9(12)10(16)13(5-6-17-4)7-8(14)15/h9H,5-7,12H2,1-4H3,(H,14,15)/t9-/m1/s1. The summed E-state index contributed by atoms with van der Waals surface area (Å²) in [6.45, 7) is 5.67. The molecule has 1 atom stereocenters. The summed E-state index contributed by atoms with van der Waals surface area (Å²) in [5.41, 5.74) is 5.42. The third-order valence-electron chi connectivity index (χ3n) is 2.40. The molecule has 6 nitrogen and oxygen atoms in total. The van der Waals surface area contributed by atoms with Crippen molar-refractivity contribution in [2.45, 2.75) is 26.8 Å². The van der Waals surface area contributed by atoms with Gasteiger partial charge in [0, 0.05) is 13.7 Å². The lowest BCUT2D eigenvalue weighted by atomic mass is 9.86. The lowest BCUT2D eigenvalue weighted by Gasteiger charge is -2.31. The van der Waals surface area contributed by atoms with Crippen molar-refractivity contribution in [1.82, 2.24) is 4.90 Å². The molecule has 0 saturated heterocycles. The molecule has 0 heterocycles. The van der Waals surface area contributed by atoms with E-state index >= 15 is 0 Å². The smallest absolute Gasteiger partial charge is 0.323 e. The zero-order valence-electron chi connectivity index (χ0n) is 10.9. The monoisotopic (exact) mass is 246 g/mol. The maximum Gasteiger partial charge on any atom is 0.323 e. The number of carboxylic acids is 1. The molecular weight excluding hydrogens is 224 g/mol. The molecule has 0 aromatic rings. The molecule has 100 valence electrons. The van der Waals surface area contributed by atoms with Crippen molar-refractivity contribution in [3.63, 3.8) is 0 Å². The van der Waals surface area contributed by atoms with Crippen LogP contribution in [0.15, 0.2) is 0 Å². The molecule has 0 spiro atoms. The number of hydrogen-bond donors (Lipinski definition) is 2. The van der Waals surface area contributed by atoms with Crippen LogP contribution in [0.2, 0.25) is 0 Å². The first-order valence-electron chi connectivity index (χ1n) is 5.45. The first kappa shape index (κ1) is 15.9. The van der Waals surface area contributed by atoms with Crippen LogP contribution in [-0.2, 0) is 14.3 Å². The van der Waals surface area contributed by atoms with Gasteiger partial charge in [0.1, 0.15) is 6.54 Å². The fourth-order valence-corrected chi connectivity index (χ4v) is 1.20. The highest BCUT2D eigenvalue weighted by Gasteiger charge is 2.31. The van der Waals surface area contributed by atoms with Gasteiger partial charge in [-0.1, -0.05) is 20.8 Å². The predicted octanol–water partition coefficient (Wildman–Crippen LogP) is -0.0806. The molecule has 0 radical (unpaired) electrons. The zero-order valence-corrected chi connectivity index (χ0v) is 10.9. The zero-order chi connectivity index (χ0) is 13.6. The summed E-state index contributed by atoms with van der Waals surface area (Å²) in [4.78, 5) is 23.9. The molecule has 0 rings (SSSR count). The molecule has 0 unspecified atom stereocenters. The van der Waals surface area contributed by atoms with Crippen LogP contribution in [0.4, 0.5) is 0 Å². The summed E-state index contributed by atoms with van der Waals surface area (Å²) in [5.74, 6) is -1.42. The van der Waals surface area contributed by atoms with E-state index in [2.05, 4.69) is 0 Å². The lowest BCUT2D eigenvalue weighted by molar-refractivity contribution is -0.146. The van der Waals surface area contributed by atoms with Gasteiger partial charge < -0.3 is 20.5 Å². The van der Waals surface area contributed by atoms with Crippen LogP contribution in [0.5, 0.6) is 0 Å². The minimum Gasteiger partial charge on any atom is -0.480 e. The number of nitrogens with two attached hydrogens (primary N) is 1. The lowest BCUT2D eigenvalue weighted by Crippen LogP contribution is -2.52. The SMILES string of the molecule is COCCN(CC(=O)O)C(=O)[C@@H](N)C(C)(C)C. The molecular formula is C11H22N2O4. The van der Waals surface area contributed by atoms with Crippen LogP contribution in [-0.4, -0.2) is 54.7 Å². The third-order valence-corrected chi connectivity index (χ3v) is 2.40. The van der Waals surface area contributed by atoms with Crippen molar-refractivity contribution in [3.05, 3.63) is 0 Å². The van der Waals surface area contributed by atoms with Crippen LogP contribution in [0, 0.1) is 5.41 Å². The van der Waals surface area contributed by atoms with Gasteiger partial charge in [-0.25, -0.2) is 0 Å². The first-order valence-corrected chi connectivity index (χ1v) is 5.45. The van der Waals surface area contributed by atoms with Gasteiger partial charge in [0.25, 0.3) is 0 Å². The highest BCUT2D eigenvalue weighted by Crippen LogP contribution is 2.19. The average Bonchev–Trinajstić information content (AvgIpc) is 2.20. The Labute approximate surface area is 102 Å². The van der Waals surface area contributed by atoms with Gasteiger partial charge in [-0.3, -0.25) is 9.59 Å². The number of ether oxygens (including phenoxy) is 1. The fraction of sp³-hybridized carbons (Fsp3) is 0.818. The van der Waals surface area contributed by atoms with Gasteiger partial charge >= 0.3 is 5.97 Å². The number of carbonyl (C=O) groups is 2. The van der Waals surface area contributed by atoms with E-state index in [1.165, 1.54) is 12.0 Å². The first-order chi connectivity index (χ1) is 7.70. The second-order valence-electron chi connectivity index (χ2n) is 4.99. The number of carboxylic acid groups (broad SMARTS) is 1. The van der Waals surface area contributed by atoms with E-state index < -0.39 is 17.4 Å². The Bertz CT molecular complexity index is 273. The molecule has 0 aromatic carbocycles.